The average Bonchev–Trinajstić information content (AvgIpc) is 2.29. The van der Waals surface area contributed by atoms with Crippen molar-refractivity contribution in [3.8, 4) is 0 Å². The van der Waals surface area contributed by atoms with Gasteiger partial charge >= 0.3 is 0 Å². The highest BCUT2D eigenvalue weighted by Gasteiger charge is 2.21. The van der Waals surface area contributed by atoms with Crippen molar-refractivity contribution in [1.82, 2.24) is 5.48 Å². The Labute approximate surface area is 112 Å². The van der Waals surface area contributed by atoms with E-state index in [1.165, 1.54) is 10.5 Å². The van der Waals surface area contributed by atoms with Gasteiger partial charge in [0.25, 0.3) is 0 Å². The summed E-state index contributed by atoms with van der Waals surface area (Å²) in [7, 11) is 0. The second-order valence-electron chi connectivity index (χ2n) is 4.69. The number of rotatable bonds is 4. The maximum atomic E-state index is 6.05. The zero-order valence-electron chi connectivity index (χ0n) is 10.2. The lowest BCUT2D eigenvalue weighted by Gasteiger charge is -2.26. The van der Waals surface area contributed by atoms with Gasteiger partial charge in [0.15, 0.2) is 0 Å². The largest absolute Gasteiger partial charge is 0.301 e. The molecular weight excluding hydrogens is 254 g/mol. The first kappa shape index (κ1) is 13.2. The van der Waals surface area contributed by atoms with Crippen LogP contribution in [0, 0.1) is 5.92 Å². The summed E-state index contributed by atoms with van der Waals surface area (Å²) in [5.41, 5.74) is 4.43. The van der Waals surface area contributed by atoms with Crippen molar-refractivity contribution in [1.29, 1.82) is 0 Å². The van der Waals surface area contributed by atoms with Crippen molar-refractivity contribution in [3.63, 3.8) is 0 Å². The zero-order valence-corrected chi connectivity index (χ0v) is 11.8. The van der Waals surface area contributed by atoms with E-state index in [2.05, 4.69) is 25.4 Å². The Morgan fingerprint density at radius 3 is 3.12 bits per heavy atom. The van der Waals surface area contributed by atoms with Gasteiger partial charge < -0.3 is 4.84 Å². The van der Waals surface area contributed by atoms with E-state index in [4.69, 9.17) is 16.4 Å². The quantitative estimate of drug-likeness (QED) is 0.835. The van der Waals surface area contributed by atoms with Crippen LogP contribution in [0.2, 0.25) is 5.02 Å². The van der Waals surface area contributed by atoms with Crippen LogP contribution in [0.4, 0.5) is 0 Å². The molecule has 0 saturated carbocycles. The molecule has 1 aromatic rings. The summed E-state index contributed by atoms with van der Waals surface area (Å²) in [6.07, 6.45) is 1.08. The minimum absolute atomic E-state index is 0.267. The van der Waals surface area contributed by atoms with E-state index in [0.29, 0.717) is 5.92 Å². The minimum atomic E-state index is 0.267. The van der Waals surface area contributed by atoms with Crippen LogP contribution < -0.4 is 5.48 Å². The van der Waals surface area contributed by atoms with Crippen molar-refractivity contribution in [2.75, 3.05) is 12.4 Å². The molecule has 1 unspecified atom stereocenters. The van der Waals surface area contributed by atoms with Gasteiger partial charge in [-0.15, -0.1) is 11.8 Å². The van der Waals surface area contributed by atoms with Crippen molar-refractivity contribution < 1.29 is 4.84 Å². The van der Waals surface area contributed by atoms with Gasteiger partial charge in [0.2, 0.25) is 0 Å². The monoisotopic (exact) mass is 271 g/mol. The summed E-state index contributed by atoms with van der Waals surface area (Å²) in [6.45, 7) is 5.02. The van der Waals surface area contributed by atoms with Crippen molar-refractivity contribution in [3.05, 3.63) is 28.8 Å². The fourth-order valence-electron chi connectivity index (χ4n) is 1.80. The molecule has 0 aliphatic carbocycles. The standard InChI is InChI=1S/C13H18ClNOS/c1-9(2)8-16-15-12-5-6-17-13-4-3-10(14)7-11(12)13/h3-4,7,9,12,15H,5-6,8H2,1-2H3. The lowest BCUT2D eigenvalue weighted by molar-refractivity contribution is -0.00122. The topological polar surface area (TPSA) is 21.3 Å². The Morgan fingerprint density at radius 1 is 1.53 bits per heavy atom. The maximum Gasteiger partial charge on any atom is 0.0705 e. The number of hydroxylamine groups is 1. The third kappa shape index (κ3) is 3.62. The lowest BCUT2D eigenvalue weighted by atomic mass is 10.0. The molecule has 1 aliphatic heterocycles. The van der Waals surface area contributed by atoms with Gasteiger partial charge in [-0.25, -0.2) is 0 Å². The summed E-state index contributed by atoms with van der Waals surface area (Å²) in [5, 5.41) is 0.793. The molecule has 0 fully saturated rings. The number of fused-ring (bicyclic) bond motifs is 1. The summed E-state index contributed by atoms with van der Waals surface area (Å²) in [4.78, 5) is 6.84. The first-order valence-corrected chi connectivity index (χ1v) is 7.32. The molecule has 2 rings (SSSR count). The first-order chi connectivity index (χ1) is 8.16. The summed E-state index contributed by atoms with van der Waals surface area (Å²) in [6, 6.07) is 6.35. The molecule has 0 amide bonds. The highest BCUT2D eigenvalue weighted by molar-refractivity contribution is 7.99. The van der Waals surface area contributed by atoms with E-state index in [9.17, 15) is 0 Å². The van der Waals surface area contributed by atoms with Crippen LogP contribution in [0.3, 0.4) is 0 Å². The van der Waals surface area contributed by atoms with Crippen LogP contribution >= 0.6 is 23.4 Å². The number of hydrogen-bond acceptors (Lipinski definition) is 3. The highest BCUT2D eigenvalue weighted by Crippen LogP contribution is 2.37. The molecule has 94 valence electrons. The average molecular weight is 272 g/mol. The Kier molecular flexibility index (Phi) is 4.74. The zero-order chi connectivity index (χ0) is 12.3. The molecule has 1 atom stereocenters. The Balaban J connectivity index is 2.03. The predicted molar refractivity (Wildman–Crippen MR) is 73.5 cm³/mol. The van der Waals surface area contributed by atoms with Gasteiger partial charge in [-0.1, -0.05) is 25.4 Å². The molecule has 1 aromatic carbocycles. The molecule has 0 radical (unpaired) electrons. The smallest absolute Gasteiger partial charge is 0.0705 e. The van der Waals surface area contributed by atoms with Gasteiger partial charge in [0.1, 0.15) is 0 Å². The van der Waals surface area contributed by atoms with Crippen LogP contribution in [0.15, 0.2) is 23.1 Å². The van der Waals surface area contributed by atoms with E-state index in [-0.39, 0.29) is 6.04 Å². The second-order valence-corrected chi connectivity index (χ2v) is 6.27. The molecule has 4 heteroatoms. The molecule has 17 heavy (non-hydrogen) atoms. The summed E-state index contributed by atoms with van der Waals surface area (Å²) >= 11 is 7.94. The Bertz CT molecular complexity index is 384. The van der Waals surface area contributed by atoms with Gasteiger partial charge in [-0.2, -0.15) is 5.48 Å². The number of benzene rings is 1. The molecule has 0 saturated heterocycles. The third-order valence-corrected chi connectivity index (χ3v) is 4.01. The molecule has 2 nitrogen and oxygen atoms in total. The van der Waals surface area contributed by atoms with Crippen LogP contribution in [-0.2, 0) is 4.84 Å². The fraction of sp³-hybridized carbons (Fsp3) is 0.538. The van der Waals surface area contributed by atoms with Crippen LogP contribution in [0.1, 0.15) is 31.9 Å². The molecule has 0 bridgehead atoms. The summed E-state index contributed by atoms with van der Waals surface area (Å²) < 4.78 is 0. The first-order valence-electron chi connectivity index (χ1n) is 5.96. The van der Waals surface area contributed by atoms with Gasteiger partial charge in [-0.3, -0.25) is 0 Å². The Hall–Kier alpha value is -0.220. The fourth-order valence-corrected chi connectivity index (χ4v) is 3.09. The van der Waals surface area contributed by atoms with Crippen LogP contribution in [-0.4, -0.2) is 12.4 Å². The van der Waals surface area contributed by atoms with Gasteiger partial charge in [0, 0.05) is 9.92 Å². The third-order valence-electron chi connectivity index (χ3n) is 2.65. The number of halogens is 1. The molecule has 0 spiro atoms. The predicted octanol–water partition coefficient (Wildman–Crippen LogP) is 4.05. The van der Waals surface area contributed by atoms with E-state index >= 15 is 0 Å². The highest BCUT2D eigenvalue weighted by atomic mass is 35.5. The van der Waals surface area contributed by atoms with Crippen LogP contribution in [0.5, 0.6) is 0 Å². The van der Waals surface area contributed by atoms with Gasteiger partial charge in [-0.05, 0) is 41.9 Å². The minimum Gasteiger partial charge on any atom is -0.301 e. The number of nitrogens with one attached hydrogen (secondary N) is 1. The van der Waals surface area contributed by atoms with E-state index in [1.54, 1.807) is 0 Å². The normalized spacial score (nSPS) is 19.4. The number of hydrogen-bond donors (Lipinski definition) is 1. The van der Waals surface area contributed by atoms with E-state index in [1.807, 2.05) is 23.9 Å². The Morgan fingerprint density at radius 2 is 2.35 bits per heavy atom. The maximum absolute atomic E-state index is 6.05. The lowest BCUT2D eigenvalue weighted by Crippen LogP contribution is -2.26. The van der Waals surface area contributed by atoms with E-state index in [0.717, 1.165) is 23.8 Å². The SMILES string of the molecule is CC(C)CONC1CCSc2ccc(Cl)cc21. The van der Waals surface area contributed by atoms with Crippen LogP contribution in [0.25, 0.3) is 0 Å². The van der Waals surface area contributed by atoms with Crippen molar-refractivity contribution in [2.45, 2.75) is 31.2 Å². The molecular formula is C13H18ClNOS. The van der Waals surface area contributed by atoms with Crippen molar-refractivity contribution in [2.24, 2.45) is 5.92 Å². The molecule has 1 aliphatic rings. The molecule has 0 aromatic heterocycles. The second kappa shape index (κ2) is 6.10. The number of thioether (sulfide) groups is 1. The van der Waals surface area contributed by atoms with E-state index < -0.39 is 0 Å². The summed E-state index contributed by atoms with van der Waals surface area (Å²) in [5.74, 6) is 1.66. The van der Waals surface area contributed by atoms with Crippen molar-refractivity contribution >= 4 is 23.4 Å². The molecule has 1 N–H and O–H groups in total. The molecule has 1 heterocycles. The van der Waals surface area contributed by atoms with Gasteiger partial charge in [0.05, 0.1) is 12.6 Å².